The van der Waals surface area contributed by atoms with Gasteiger partial charge in [-0.25, -0.2) is 9.97 Å². The van der Waals surface area contributed by atoms with Crippen LogP contribution in [0.25, 0.3) is 10.9 Å². The normalized spacial score (nSPS) is 10.9. The first-order valence-corrected chi connectivity index (χ1v) is 10.5. The van der Waals surface area contributed by atoms with Gasteiger partial charge in [-0.3, -0.25) is 9.59 Å². The number of para-hydroxylation sites is 1. The van der Waals surface area contributed by atoms with Crippen LogP contribution in [0.4, 0.5) is 0 Å². The highest BCUT2D eigenvalue weighted by atomic mass is 16.2. The van der Waals surface area contributed by atoms with Crippen molar-refractivity contribution in [2.45, 2.75) is 27.3 Å². The van der Waals surface area contributed by atoms with E-state index in [1.54, 1.807) is 42.3 Å². The summed E-state index contributed by atoms with van der Waals surface area (Å²) in [5.41, 5.74) is 5.22. The highest BCUT2D eigenvalue weighted by Gasteiger charge is 2.21. The van der Waals surface area contributed by atoms with Crippen LogP contribution in [0.2, 0.25) is 0 Å². The number of aryl methyl sites for hydroxylation is 3. The van der Waals surface area contributed by atoms with Gasteiger partial charge in [0.1, 0.15) is 5.82 Å². The standard InChI is InChI=1S/C27H25N3O2/c1-17-13-14-20(15-18(17)2)26(31)22-10-5-6-11-23(22)27(32)30(4)16-25-28-19(3)21-9-7-8-12-24(21)29-25/h5-15H,16H2,1-4H3. The topological polar surface area (TPSA) is 63.2 Å². The minimum absolute atomic E-state index is 0.164. The van der Waals surface area contributed by atoms with Crippen molar-refractivity contribution < 1.29 is 9.59 Å². The van der Waals surface area contributed by atoms with Crippen molar-refractivity contribution in [3.63, 3.8) is 0 Å². The summed E-state index contributed by atoms with van der Waals surface area (Å²) in [5, 5.41) is 0.995. The number of hydrogen-bond acceptors (Lipinski definition) is 4. The molecule has 1 heterocycles. The van der Waals surface area contributed by atoms with E-state index in [1.807, 2.05) is 57.2 Å². The smallest absolute Gasteiger partial charge is 0.254 e. The summed E-state index contributed by atoms with van der Waals surface area (Å²) in [7, 11) is 1.70. The Hall–Kier alpha value is -3.86. The Morgan fingerprint density at radius 3 is 2.25 bits per heavy atom. The third kappa shape index (κ3) is 4.14. The van der Waals surface area contributed by atoms with Gasteiger partial charge < -0.3 is 4.90 Å². The molecular weight excluding hydrogens is 398 g/mol. The van der Waals surface area contributed by atoms with Crippen molar-refractivity contribution in [2.24, 2.45) is 0 Å². The zero-order valence-corrected chi connectivity index (χ0v) is 18.7. The predicted octanol–water partition coefficient (Wildman–Crippen LogP) is 5.06. The fraction of sp³-hybridized carbons (Fsp3) is 0.185. The van der Waals surface area contributed by atoms with E-state index in [0.29, 0.717) is 22.5 Å². The molecule has 0 aliphatic rings. The zero-order chi connectivity index (χ0) is 22.8. The number of carbonyl (C=O) groups excluding carboxylic acids is 2. The maximum atomic E-state index is 13.3. The molecule has 4 rings (SSSR count). The van der Waals surface area contributed by atoms with E-state index in [-0.39, 0.29) is 18.2 Å². The fourth-order valence-electron chi connectivity index (χ4n) is 3.76. The van der Waals surface area contributed by atoms with Crippen molar-refractivity contribution in [3.05, 3.63) is 106 Å². The molecule has 0 aliphatic carbocycles. The highest BCUT2D eigenvalue weighted by Crippen LogP contribution is 2.20. The molecular formula is C27H25N3O2. The molecule has 5 heteroatoms. The fourth-order valence-corrected chi connectivity index (χ4v) is 3.76. The van der Waals surface area contributed by atoms with Crippen LogP contribution in [0, 0.1) is 20.8 Å². The molecule has 0 unspecified atom stereocenters. The Labute approximate surface area is 187 Å². The first kappa shape index (κ1) is 21.4. The average Bonchev–Trinajstić information content (AvgIpc) is 2.80. The number of nitrogens with zero attached hydrogens (tertiary/aromatic N) is 3. The monoisotopic (exact) mass is 423 g/mol. The number of rotatable bonds is 5. The summed E-state index contributed by atoms with van der Waals surface area (Å²) in [4.78, 5) is 37.2. The van der Waals surface area contributed by atoms with E-state index < -0.39 is 0 Å². The lowest BCUT2D eigenvalue weighted by Gasteiger charge is -2.19. The first-order valence-electron chi connectivity index (χ1n) is 10.5. The van der Waals surface area contributed by atoms with Gasteiger partial charge >= 0.3 is 0 Å². The number of fused-ring (bicyclic) bond motifs is 1. The molecule has 0 spiro atoms. The molecule has 0 aliphatic heterocycles. The lowest BCUT2D eigenvalue weighted by atomic mass is 9.95. The maximum Gasteiger partial charge on any atom is 0.254 e. The third-order valence-corrected chi connectivity index (χ3v) is 5.74. The van der Waals surface area contributed by atoms with Crippen LogP contribution < -0.4 is 0 Å². The van der Waals surface area contributed by atoms with Crippen LogP contribution in [-0.4, -0.2) is 33.6 Å². The quantitative estimate of drug-likeness (QED) is 0.421. The lowest BCUT2D eigenvalue weighted by Crippen LogP contribution is -2.29. The molecule has 0 saturated carbocycles. The van der Waals surface area contributed by atoms with Gasteiger partial charge in [0.05, 0.1) is 17.6 Å². The van der Waals surface area contributed by atoms with Gasteiger partial charge in [-0.15, -0.1) is 0 Å². The number of benzene rings is 3. The molecule has 0 fully saturated rings. The van der Waals surface area contributed by atoms with Gasteiger partial charge in [0.25, 0.3) is 5.91 Å². The average molecular weight is 424 g/mol. The van der Waals surface area contributed by atoms with Gasteiger partial charge in [0.15, 0.2) is 5.78 Å². The van der Waals surface area contributed by atoms with E-state index >= 15 is 0 Å². The molecule has 0 atom stereocenters. The molecule has 0 saturated heterocycles. The van der Waals surface area contributed by atoms with Crippen molar-refractivity contribution in [1.29, 1.82) is 0 Å². The Kier molecular flexibility index (Phi) is 5.82. The van der Waals surface area contributed by atoms with Crippen LogP contribution >= 0.6 is 0 Å². The van der Waals surface area contributed by atoms with Crippen LogP contribution in [0.1, 0.15) is 48.9 Å². The van der Waals surface area contributed by atoms with Gasteiger partial charge in [-0.1, -0.05) is 48.5 Å². The Morgan fingerprint density at radius 1 is 0.812 bits per heavy atom. The molecule has 1 aromatic heterocycles. The Morgan fingerprint density at radius 2 is 1.50 bits per heavy atom. The summed E-state index contributed by atoms with van der Waals surface area (Å²) >= 11 is 0. The number of carbonyl (C=O) groups is 2. The lowest BCUT2D eigenvalue weighted by molar-refractivity contribution is 0.0777. The summed E-state index contributed by atoms with van der Waals surface area (Å²) in [6.07, 6.45) is 0. The van der Waals surface area contributed by atoms with Gasteiger partial charge in [0, 0.05) is 29.3 Å². The SMILES string of the molecule is Cc1ccc(C(=O)c2ccccc2C(=O)N(C)Cc2nc(C)c3ccccc3n2)cc1C. The molecule has 32 heavy (non-hydrogen) atoms. The highest BCUT2D eigenvalue weighted by molar-refractivity contribution is 6.15. The van der Waals surface area contributed by atoms with Crippen LogP contribution in [0.5, 0.6) is 0 Å². The van der Waals surface area contributed by atoms with Crippen molar-refractivity contribution in [2.75, 3.05) is 7.05 Å². The van der Waals surface area contributed by atoms with Crippen molar-refractivity contribution >= 4 is 22.6 Å². The zero-order valence-electron chi connectivity index (χ0n) is 18.7. The maximum absolute atomic E-state index is 13.3. The van der Waals surface area contributed by atoms with Crippen LogP contribution in [0.15, 0.2) is 66.7 Å². The Balaban J connectivity index is 1.62. The van der Waals surface area contributed by atoms with E-state index in [0.717, 1.165) is 27.7 Å². The number of hydrogen-bond donors (Lipinski definition) is 0. The van der Waals surface area contributed by atoms with Gasteiger partial charge in [0.2, 0.25) is 0 Å². The van der Waals surface area contributed by atoms with E-state index in [2.05, 4.69) is 9.97 Å². The largest absolute Gasteiger partial charge is 0.334 e. The molecule has 0 N–H and O–H groups in total. The van der Waals surface area contributed by atoms with Crippen LogP contribution in [0.3, 0.4) is 0 Å². The molecule has 160 valence electrons. The summed E-state index contributed by atoms with van der Waals surface area (Å²) in [6.45, 7) is 6.17. The molecule has 5 nitrogen and oxygen atoms in total. The molecule has 4 aromatic rings. The van der Waals surface area contributed by atoms with E-state index in [9.17, 15) is 9.59 Å². The molecule has 3 aromatic carbocycles. The number of ketones is 1. The second-order valence-electron chi connectivity index (χ2n) is 8.08. The van der Waals surface area contributed by atoms with Crippen molar-refractivity contribution in [1.82, 2.24) is 14.9 Å². The summed E-state index contributed by atoms with van der Waals surface area (Å²) in [6, 6.07) is 20.4. The van der Waals surface area contributed by atoms with Gasteiger partial charge in [-0.2, -0.15) is 0 Å². The number of amides is 1. The third-order valence-electron chi connectivity index (χ3n) is 5.74. The minimum Gasteiger partial charge on any atom is -0.334 e. The van der Waals surface area contributed by atoms with Crippen molar-refractivity contribution in [3.8, 4) is 0 Å². The van der Waals surface area contributed by atoms with Crippen LogP contribution in [-0.2, 0) is 6.54 Å². The second kappa shape index (κ2) is 8.71. The predicted molar refractivity (Wildman–Crippen MR) is 126 cm³/mol. The molecule has 0 bridgehead atoms. The Bertz CT molecular complexity index is 1340. The molecule has 0 radical (unpaired) electrons. The van der Waals surface area contributed by atoms with E-state index in [4.69, 9.17) is 0 Å². The van der Waals surface area contributed by atoms with E-state index in [1.165, 1.54) is 0 Å². The summed E-state index contributed by atoms with van der Waals surface area (Å²) < 4.78 is 0. The second-order valence-corrected chi connectivity index (χ2v) is 8.08. The molecule has 1 amide bonds. The number of aromatic nitrogens is 2. The summed E-state index contributed by atoms with van der Waals surface area (Å²) in [5.74, 6) is 0.158. The minimum atomic E-state index is -0.243. The van der Waals surface area contributed by atoms with Gasteiger partial charge in [-0.05, 0) is 50.1 Å². The first-order chi connectivity index (χ1) is 15.3.